The Hall–Kier alpha value is -7.16. The maximum Gasteiger partial charge on any atom is 0.143 e. The van der Waals surface area contributed by atoms with Crippen LogP contribution in [0.15, 0.2) is 210 Å². The minimum atomic E-state index is 0.0425. The van der Waals surface area contributed by atoms with Crippen molar-refractivity contribution >= 4 is 71.6 Å². The van der Waals surface area contributed by atoms with E-state index < -0.39 is 0 Å². The van der Waals surface area contributed by atoms with Crippen molar-refractivity contribution in [2.24, 2.45) is 5.92 Å². The topological polar surface area (TPSA) is 16.4 Å². The Morgan fingerprint density at radius 2 is 1.17 bits per heavy atom. The predicted octanol–water partition coefficient (Wildman–Crippen LogP) is 14.8. The first-order valence-corrected chi connectivity index (χ1v) is 20.4. The predicted molar refractivity (Wildman–Crippen MR) is 245 cm³/mol. The molecule has 0 spiro atoms. The largest absolute Gasteiger partial charge is 0.455 e. The Morgan fingerprint density at radius 3 is 2.05 bits per heavy atom. The average molecular weight is 742 g/mol. The Balaban J connectivity index is 1.01. The van der Waals surface area contributed by atoms with Gasteiger partial charge < -0.3 is 9.32 Å². The number of hydrogen-bond acceptors (Lipinski definition) is 2. The summed E-state index contributed by atoms with van der Waals surface area (Å²) in [5.41, 5.74) is 11.8. The van der Waals surface area contributed by atoms with Gasteiger partial charge in [-0.1, -0.05) is 188 Å². The molecule has 2 nitrogen and oxygen atoms in total. The van der Waals surface area contributed by atoms with Gasteiger partial charge in [-0.25, -0.2) is 0 Å². The molecule has 274 valence electrons. The van der Waals surface area contributed by atoms with Crippen molar-refractivity contribution in [1.29, 1.82) is 0 Å². The fourth-order valence-corrected chi connectivity index (χ4v) is 10.1. The van der Waals surface area contributed by atoms with Gasteiger partial charge in [-0.15, -0.1) is 0 Å². The minimum absolute atomic E-state index is 0.0425. The molecule has 12 rings (SSSR count). The molecule has 0 N–H and O–H groups in total. The number of rotatable bonds is 5. The molecule has 0 aliphatic heterocycles. The van der Waals surface area contributed by atoms with Crippen LogP contribution >= 0.6 is 0 Å². The lowest BCUT2D eigenvalue weighted by Crippen LogP contribution is -2.40. The molecule has 0 amide bonds. The summed E-state index contributed by atoms with van der Waals surface area (Å²) in [6.07, 6.45) is 19.9. The molecule has 3 atom stereocenters. The first kappa shape index (κ1) is 33.0. The highest BCUT2D eigenvalue weighted by molar-refractivity contribution is 6.17. The molecule has 58 heavy (non-hydrogen) atoms. The van der Waals surface area contributed by atoms with Crippen molar-refractivity contribution in [3.63, 3.8) is 0 Å². The molecule has 0 fully saturated rings. The fraction of sp³-hybridized carbons (Fsp3) is 0.0714. The standard InChI is InChI=1S/C56H39NO/c1-4-15-41-36(12-1)28-33-47-43(19-9-20-45(41)47)39-26-31-40(32-27-39)57(54-25-11-21-46-42-16-5-2-13-37(42)29-34-49(46)54)53-24-8-7-18-48(53)50-22-10-23-51-52-35-30-38-14-3-6-17-44(38)55(52)58-56(50)51/h1-26,28-35,39,49,54H,27H2. The van der Waals surface area contributed by atoms with Gasteiger partial charge in [-0.3, -0.25) is 0 Å². The third kappa shape index (κ3) is 5.11. The maximum absolute atomic E-state index is 6.95. The van der Waals surface area contributed by atoms with Gasteiger partial charge in [0.2, 0.25) is 0 Å². The van der Waals surface area contributed by atoms with Crippen LogP contribution < -0.4 is 4.90 Å². The lowest BCUT2D eigenvalue weighted by Gasteiger charge is -2.42. The van der Waals surface area contributed by atoms with Gasteiger partial charge in [0.25, 0.3) is 0 Å². The number of fused-ring (bicyclic) bond motifs is 11. The van der Waals surface area contributed by atoms with E-state index in [-0.39, 0.29) is 17.9 Å². The quantitative estimate of drug-likeness (QED) is 0.163. The molecule has 2 heteroatoms. The van der Waals surface area contributed by atoms with Crippen LogP contribution in [0.4, 0.5) is 5.69 Å². The number of benzene rings is 8. The van der Waals surface area contributed by atoms with Crippen molar-refractivity contribution in [3.05, 3.63) is 223 Å². The summed E-state index contributed by atoms with van der Waals surface area (Å²) in [7, 11) is 0. The number of nitrogens with zero attached hydrogens (tertiary/aromatic N) is 1. The summed E-state index contributed by atoms with van der Waals surface area (Å²) >= 11 is 0. The second-order valence-electron chi connectivity index (χ2n) is 15.9. The highest BCUT2D eigenvalue weighted by Gasteiger charge is 2.35. The van der Waals surface area contributed by atoms with Gasteiger partial charge in [-0.05, 0) is 73.8 Å². The van der Waals surface area contributed by atoms with E-state index in [0.717, 1.165) is 50.6 Å². The van der Waals surface area contributed by atoms with Crippen LogP contribution in [0.3, 0.4) is 0 Å². The van der Waals surface area contributed by atoms with Crippen molar-refractivity contribution < 1.29 is 4.42 Å². The molecular weight excluding hydrogens is 703 g/mol. The first-order chi connectivity index (χ1) is 28.8. The zero-order chi connectivity index (χ0) is 38.2. The molecule has 3 aliphatic rings. The summed E-state index contributed by atoms with van der Waals surface area (Å²) in [6, 6.07) is 57.5. The monoisotopic (exact) mass is 741 g/mol. The molecule has 9 aromatic rings. The minimum Gasteiger partial charge on any atom is -0.455 e. The average Bonchev–Trinajstić information content (AvgIpc) is 3.69. The molecule has 3 aliphatic carbocycles. The van der Waals surface area contributed by atoms with Crippen LogP contribution in [-0.2, 0) is 0 Å². The Kier molecular flexibility index (Phi) is 7.53. The second kappa shape index (κ2) is 13.2. The Morgan fingerprint density at radius 1 is 0.483 bits per heavy atom. The van der Waals surface area contributed by atoms with E-state index in [0.29, 0.717) is 0 Å². The molecule has 8 aromatic carbocycles. The SMILES string of the molecule is C1=CC(N(C2=CCC(c3cccc4c3ccc3ccccc34)C=C2)c2ccccc2-c2cccc3c2oc2c4ccccc4ccc32)C2C=Cc3ccccc3C2=C1. The van der Waals surface area contributed by atoms with Crippen LogP contribution in [0, 0.1) is 5.92 Å². The van der Waals surface area contributed by atoms with Crippen molar-refractivity contribution in [2.75, 3.05) is 4.90 Å². The summed E-state index contributed by atoms with van der Waals surface area (Å²) in [5, 5.41) is 9.84. The third-order valence-corrected chi connectivity index (χ3v) is 12.8. The van der Waals surface area contributed by atoms with Crippen molar-refractivity contribution in [2.45, 2.75) is 18.4 Å². The fourth-order valence-electron chi connectivity index (χ4n) is 10.1. The molecular formula is C56H39NO. The molecule has 0 saturated carbocycles. The number of allylic oxidation sites excluding steroid dienone is 5. The Bertz CT molecular complexity index is 3300. The molecule has 0 bridgehead atoms. The first-order valence-electron chi connectivity index (χ1n) is 20.4. The van der Waals surface area contributed by atoms with Gasteiger partial charge in [0.05, 0.1) is 6.04 Å². The van der Waals surface area contributed by atoms with E-state index in [1.807, 2.05) is 0 Å². The summed E-state index contributed by atoms with van der Waals surface area (Å²) in [5.74, 6) is 0.434. The molecule has 1 aromatic heterocycles. The van der Waals surface area contributed by atoms with E-state index >= 15 is 0 Å². The Labute approximate surface area is 337 Å². The number of para-hydroxylation sites is 2. The van der Waals surface area contributed by atoms with E-state index in [1.54, 1.807) is 0 Å². The highest BCUT2D eigenvalue weighted by atomic mass is 16.3. The van der Waals surface area contributed by atoms with Gasteiger partial charge in [0, 0.05) is 50.5 Å². The normalized spacial score (nSPS) is 18.4. The smallest absolute Gasteiger partial charge is 0.143 e. The van der Waals surface area contributed by atoms with Gasteiger partial charge in [0.15, 0.2) is 0 Å². The maximum atomic E-state index is 6.95. The second-order valence-corrected chi connectivity index (χ2v) is 15.9. The van der Waals surface area contributed by atoms with Crippen LogP contribution in [0.2, 0.25) is 0 Å². The molecule has 3 unspecified atom stereocenters. The van der Waals surface area contributed by atoms with Gasteiger partial charge in [-0.2, -0.15) is 0 Å². The third-order valence-electron chi connectivity index (χ3n) is 12.8. The van der Waals surface area contributed by atoms with Crippen LogP contribution in [0.5, 0.6) is 0 Å². The van der Waals surface area contributed by atoms with E-state index in [1.165, 1.54) is 54.9 Å². The highest BCUT2D eigenvalue weighted by Crippen LogP contribution is 2.47. The summed E-state index contributed by atoms with van der Waals surface area (Å²) in [6.45, 7) is 0. The van der Waals surface area contributed by atoms with Crippen LogP contribution in [0.1, 0.15) is 29.0 Å². The zero-order valence-corrected chi connectivity index (χ0v) is 31.9. The molecule has 1 heterocycles. The number of hydrogen-bond donors (Lipinski definition) is 0. The van der Waals surface area contributed by atoms with Crippen molar-refractivity contribution in [1.82, 2.24) is 0 Å². The van der Waals surface area contributed by atoms with E-state index in [4.69, 9.17) is 4.42 Å². The van der Waals surface area contributed by atoms with Crippen molar-refractivity contribution in [3.8, 4) is 11.1 Å². The number of anilines is 1. The molecule has 0 radical (unpaired) electrons. The summed E-state index contributed by atoms with van der Waals surface area (Å²) < 4.78 is 6.95. The lowest BCUT2D eigenvalue weighted by molar-refractivity contribution is 0.657. The van der Waals surface area contributed by atoms with E-state index in [9.17, 15) is 0 Å². The van der Waals surface area contributed by atoms with Gasteiger partial charge in [0.1, 0.15) is 11.2 Å². The van der Waals surface area contributed by atoms with E-state index in [2.05, 4.69) is 211 Å². The van der Waals surface area contributed by atoms with Gasteiger partial charge >= 0.3 is 0 Å². The number of furan rings is 1. The van der Waals surface area contributed by atoms with Crippen LogP contribution in [-0.4, -0.2) is 6.04 Å². The summed E-state index contributed by atoms with van der Waals surface area (Å²) in [4.78, 5) is 2.60. The molecule has 0 saturated heterocycles. The zero-order valence-electron chi connectivity index (χ0n) is 31.9. The van der Waals surface area contributed by atoms with Crippen LogP contribution in [0.25, 0.3) is 77.0 Å². The lowest BCUT2D eigenvalue weighted by atomic mass is 9.77.